The van der Waals surface area contributed by atoms with Crippen LogP contribution in [0, 0.1) is 6.92 Å². The maximum absolute atomic E-state index is 6.34. The van der Waals surface area contributed by atoms with E-state index in [1.54, 1.807) is 0 Å². The Kier molecular flexibility index (Phi) is 4.52. The summed E-state index contributed by atoms with van der Waals surface area (Å²) in [5.41, 5.74) is 1.88. The number of nitrogens with zero attached hydrogens (tertiary/aromatic N) is 3. The van der Waals surface area contributed by atoms with E-state index in [1.165, 1.54) is 0 Å². The van der Waals surface area contributed by atoms with Gasteiger partial charge in [-0.25, -0.2) is 9.97 Å². The van der Waals surface area contributed by atoms with Crippen molar-refractivity contribution in [2.75, 3.05) is 11.4 Å². The minimum absolute atomic E-state index is 0.137. The topological polar surface area (TPSA) is 29.0 Å². The molecule has 0 saturated carbocycles. The summed E-state index contributed by atoms with van der Waals surface area (Å²) < 4.78 is 0. The molecule has 1 aromatic heterocycles. The number of rotatable bonds is 3. The van der Waals surface area contributed by atoms with E-state index in [-0.39, 0.29) is 5.41 Å². The van der Waals surface area contributed by atoms with Gasteiger partial charge in [-0.15, -0.1) is 0 Å². The van der Waals surface area contributed by atoms with Gasteiger partial charge < -0.3 is 4.90 Å². The van der Waals surface area contributed by atoms with E-state index in [2.05, 4.69) is 49.7 Å². The zero-order valence-corrected chi connectivity index (χ0v) is 14.1. The van der Waals surface area contributed by atoms with E-state index < -0.39 is 0 Å². The smallest absolute Gasteiger partial charge is 0.141 e. The van der Waals surface area contributed by atoms with Crippen LogP contribution in [0.1, 0.15) is 39.1 Å². The standard InChI is InChI=1S/C17H22ClN3/c1-6-21(13-10-8-7-9-11-13)15-12(2)14(18)19-16(20-15)17(3,4)5/h7-11H,6H2,1-5H3. The van der Waals surface area contributed by atoms with Crippen molar-refractivity contribution in [1.29, 1.82) is 0 Å². The minimum atomic E-state index is -0.137. The summed E-state index contributed by atoms with van der Waals surface area (Å²) in [5.74, 6) is 1.65. The van der Waals surface area contributed by atoms with Gasteiger partial charge in [0, 0.05) is 23.2 Å². The molecule has 0 radical (unpaired) electrons. The normalized spacial score (nSPS) is 11.5. The fourth-order valence-electron chi connectivity index (χ4n) is 2.14. The van der Waals surface area contributed by atoms with Crippen molar-refractivity contribution < 1.29 is 0 Å². The highest BCUT2D eigenvalue weighted by Crippen LogP contribution is 2.32. The van der Waals surface area contributed by atoms with Gasteiger partial charge in [0.15, 0.2) is 0 Å². The Labute approximate surface area is 132 Å². The molecule has 0 unspecified atom stereocenters. The molecule has 1 heterocycles. The van der Waals surface area contributed by atoms with Crippen molar-refractivity contribution in [3.05, 3.63) is 46.9 Å². The van der Waals surface area contributed by atoms with Crippen molar-refractivity contribution >= 4 is 23.1 Å². The highest BCUT2D eigenvalue weighted by Gasteiger charge is 2.23. The maximum Gasteiger partial charge on any atom is 0.141 e. The Morgan fingerprint density at radius 3 is 2.24 bits per heavy atom. The lowest BCUT2D eigenvalue weighted by atomic mass is 9.95. The molecule has 0 aliphatic carbocycles. The zero-order chi connectivity index (χ0) is 15.6. The number of hydrogen-bond acceptors (Lipinski definition) is 3. The van der Waals surface area contributed by atoms with Crippen LogP contribution < -0.4 is 4.90 Å². The molecule has 0 N–H and O–H groups in total. The fourth-order valence-corrected chi connectivity index (χ4v) is 2.30. The van der Waals surface area contributed by atoms with Crippen molar-refractivity contribution in [1.82, 2.24) is 9.97 Å². The molecular weight excluding hydrogens is 282 g/mol. The molecule has 0 aliphatic heterocycles. The molecule has 21 heavy (non-hydrogen) atoms. The first-order valence-electron chi connectivity index (χ1n) is 7.21. The van der Waals surface area contributed by atoms with Crippen molar-refractivity contribution in [2.45, 2.75) is 40.0 Å². The van der Waals surface area contributed by atoms with Gasteiger partial charge in [-0.05, 0) is 26.0 Å². The van der Waals surface area contributed by atoms with E-state index in [4.69, 9.17) is 16.6 Å². The second-order valence-corrected chi connectivity index (χ2v) is 6.47. The molecule has 0 amide bonds. The zero-order valence-electron chi connectivity index (χ0n) is 13.3. The number of aromatic nitrogens is 2. The van der Waals surface area contributed by atoms with E-state index in [0.717, 1.165) is 29.4 Å². The van der Waals surface area contributed by atoms with Crippen LogP contribution in [-0.2, 0) is 5.41 Å². The fraction of sp³-hybridized carbons (Fsp3) is 0.412. The second kappa shape index (κ2) is 6.02. The van der Waals surface area contributed by atoms with Gasteiger partial charge in [-0.3, -0.25) is 0 Å². The van der Waals surface area contributed by atoms with E-state index in [9.17, 15) is 0 Å². The highest BCUT2D eigenvalue weighted by atomic mass is 35.5. The largest absolute Gasteiger partial charge is 0.326 e. The van der Waals surface area contributed by atoms with Crippen LogP contribution in [0.4, 0.5) is 11.5 Å². The Bertz CT molecular complexity index is 618. The quantitative estimate of drug-likeness (QED) is 0.756. The summed E-state index contributed by atoms with van der Waals surface area (Å²) in [6.07, 6.45) is 0. The minimum Gasteiger partial charge on any atom is -0.326 e. The molecule has 3 nitrogen and oxygen atoms in total. The molecule has 0 aliphatic rings. The molecule has 1 aromatic carbocycles. The Hall–Kier alpha value is -1.61. The van der Waals surface area contributed by atoms with Gasteiger partial charge >= 0.3 is 0 Å². The summed E-state index contributed by atoms with van der Waals surface area (Å²) in [7, 11) is 0. The van der Waals surface area contributed by atoms with E-state index in [1.807, 2.05) is 25.1 Å². The molecule has 112 valence electrons. The molecule has 0 spiro atoms. The predicted molar refractivity (Wildman–Crippen MR) is 89.6 cm³/mol. The average molecular weight is 304 g/mol. The number of benzene rings is 1. The molecule has 4 heteroatoms. The third-order valence-electron chi connectivity index (χ3n) is 3.37. The maximum atomic E-state index is 6.34. The van der Waals surface area contributed by atoms with Gasteiger partial charge in [-0.2, -0.15) is 0 Å². The molecule has 0 fully saturated rings. The van der Waals surface area contributed by atoms with Crippen molar-refractivity contribution in [3.63, 3.8) is 0 Å². The Morgan fingerprint density at radius 1 is 1.10 bits per heavy atom. The molecule has 0 atom stereocenters. The first-order valence-corrected chi connectivity index (χ1v) is 7.59. The molecule has 2 aromatic rings. The van der Waals surface area contributed by atoms with Crippen molar-refractivity contribution in [2.24, 2.45) is 0 Å². The van der Waals surface area contributed by atoms with E-state index >= 15 is 0 Å². The van der Waals surface area contributed by atoms with Gasteiger partial charge in [0.1, 0.15) is 16.8 Å². The van der Waals surface area contributed by atoms with Crippen LogP contribution in [0.5, 0.6) is 0 Å². The lowest BCUT2D eigenvalue weighted by molar-refractivity contribution is 0.544. The Balaban J connectivity index is 2.58. The first kappa shape index (κ1) is 15.8. The molecule has 0 bridgehead atoms. The monoisotopic (exact) mass is 303 g/mol. The third-order valence-corrected chi connectivity index (χ3v) is 3.74. The third kappa shape index (κ3) is 3.35. The SMILES string of the molecule is CCN(c1ccccc1)c1nc(C(C)(C)C)nc(Cl)c1C. The lowest BCUT2D eigenvalue weighted by Crippen LogP contribution is -2.23. The van der Waals surface area contributed by atoms with Crippen LogP contribution in [-0.4, -0.2) is 16.5 Å². The molecule has 2 rings (SSSR count). The van der Waals surface area contributed by atoms with Crippen molar-refractivity contribution in [3.8, 4) is 0 Å². The lowest BCUT2D eigenvalue weighted by Gasteiger charge is -2.26. The van der Waals surface area contributed by atoms with E-state index in [0.29, 0.717) is 5.15 Å². The van der Waals surface area contributed by atoms with Gasteiger partial charge in [0.25, 0.3) is 0 Å². The summed E-state index contributed by atoms with van der Waals surface area (Å²) >= 11 is 6.34. The summed E-state index contributed by atoms with van der Waals surface area (Å²) in [6.45, 7) is 11.2. The second-order valence-electron chi connectivity index (χ2n) is 6.12. The van der Waals surface area contributed by atoms with Gasteiger partial charge in [-0.1, -0.05) is 50.6 Å². The van der Waals surface area contributed by atoms with Gasteiger partial charge in [0.2, 0.25) is 0 Å². The molecular formula is C17H22ClN3. The number of hydrogen-bond donors (Lipinski definition) is 0. The predicted octanol–water partition coefficient (Wildman–Crippen LogP) is 4.89. The number of anilines is 2. The average Bonchev–Trinajstić information content (AvgIpc) is 2.44. The number of para-hydroxylation sites is 1. The van der Waals surface area contributed by atoms with Crippen LogP contribution in [0.2, 0.25) is 5.15 Å². The molecule has 0 saturated heterocycles. The number of halogens is 1. The van der Waals surface area contributed by atoms with Crippen LogP contribution in [0.3, 0.4) is 0 Å². The van der Waals surface area contributed by atoms with Gasteiger partial charge in [0.05, 0.1) is 0 Å². The van der Waals surface area contributed by atoms with Crippen LogP contribution in [0.15, 0.2) is 30.3 Å². The summed E-state index contributed by atoms with van der Waals surface area (Å²) in [6, 6.07) is 10.2. The summed E-state index contributed by atoms with van der Waals surface area (Å²) in [5, 5.41) is 0.527. The first-order chi connectivity index (χ1) is 9.84. The summed E-state index contributed by atoms with van der Waals surface area (Å²) in [4.78, 5) is 11.4. The Morgan fingerprint density at radius 2 is 1.71 bits per heavy atom. The van der Waals surface area contributed by atoms with Crippen LogP contribution >= 0.6 is 11.6 Å². The highest BCUT2D eigenvalue weighted by molar-refractivity contribution is 6.30. The van der Waals surface area contributed by atoms with Crippen LogP contribution in [0.25, 0.3) is 0 Å².